The Bertz CT molecular complexity index is 694. The smallest absolute Gasteiger partial charge is 0.258 e. The highest BCUT2D eigenvalue weighted by atomic mass is 32.1. The Morgan fingerprint density at radius 2 is 2.45 bits per heavy atom. The van der Waals surface area contributed by atoms with Gasteiger partial charge in [0.05, 0.1) is 5.69 Å². The van der Waals surface area contributed by atoms with E-state index in [2.05, 4.69) is 10.3 Å². The predicted octanol–water partition coefficient (Wildman–Crippen LogP) is -0.985. The van der Waals surface area contributed by atoms with Gasteiger partial charge in [-0.2, -0.15) is 0 Å². The molecular weight excluding hydrogens is 278 g/mol. The highest BCUT2D eigenvalue weighted by molar-refractivity contribution is 7.15. The number of carbonyl (C=O) groups is 1. The largest absolute Gasteiger partial charge is 0.368 e. The quantitative estimate of drug-likeness (QED) is 0.758. The van der Waals surface area contributed by atoms with Gasteiger partial charge in [-0.25, -0.2) is 4.98 Å². The first kappa shape index (κ1) is 13.2. The summed E-state index contributed by atoms with van der Waals surface area (Å²) in [5, 5.41) is 4.97. The number of thiazole rings is 1. The molecule has 0 radical (unpaired) electrons. The van der Waals surface area contributed by atoms with E-state index in [0.29, 0.717) is 30.3 Å². The molecule has 2 aromatic rings. The number of fused-ring (bicyclic) bond motifs is 1. The predicted molar refractivity (Wildman–Crippen MR) is 75.6 cm³/mol. The minimum atomic E-state index is -0.355. The zero-order valence-electron chi connectivity index (χ0n) is 10.8. The van der Waals surface area contributed by atoms with E-state index in [0.717, 1.165) is 6.54 Å². The number of hydrogen-bond acceptors (Lipinski definition) is 6. The standard InChI is InChI=1S/C12H15N5O2S/c13-11(19)9-6-14-1-2-16(9)7-8-5-10(18)17-3-4-20-12(17)15-8/h3-5,9,14H,1-2,6-7H2,(H2,13,19). The molecule has 3 N–H and O–H groups in total. The molecule has 1 aliphatic heterocycles. The Kier molecular flexibility index (Phi) is 3.51. The van der Waals surface area contributed by atoms with E-state index in [9.17, 15) is 9.59 Å². The van der Waals surface area contributed by atoms with Gasteiger partial charge in [0, 0.05) is 43.8 Å². The van der Waals surface area contributed by atoms with Crippen molar-refractivity contribution in [3.05, 3.63) is 33.7 Å². The minimum absolute atomic E-state index is 0.1000. The minimum Gasteiger partial charge on any atom is -0.368 e. The van der Waals surface area contributed by atoms with Crippen molar-refractivity contribution in [2.45, 2.75) is 12.6 Å². The fourth-order valence-corrected chi connectivity index (χ4v) is 3.13. The van der Waals surface area contributed by atoms with Gasteiger partial charge in [0.1, 0.15) is 6.04 Å². The molecule has 2 aromatic heterocycles. The molecule has 1 saturated heterocycles. The summed E-state index contributed by atoms with van der Waals surface area (Å²) in [5.41, 5.74) is 5.98. The van der Waals surface area contributed by atoms with Gasteiger partial charge in [-0.1, -0.05) is 0 Å². The van der Waals surface area contributed by atoms with Crippen LogP contribution in [0.1, 0.15) is 5.69 Å². The average molecular weight is 293 g/mol. The summed E-state index contributed by atoms with van der Waals surface area (Å²) in [6, 6.07) is 1.16. The van der Waals surface area contributed by atoms with Crippen LogP contribution >= 0.6 is 11.3 Å². The normalized spacial score (nSPS) is 20.3. The van der Waals surface area contributed by atoms with Crippen LogP contribution < -0.4 is 16.6 Å². The Morgan fingerprint density at radius 3 is 3.25 bits per heavy atom. The number of nitrogens with one attached hydrogen (secondary N) is 1. The Morgan fingerprint density at radius 1 is 1.60 bits per heavy atom. The van der Waals surface area contributed by atoms with E-state index in [1.54, 1.807) is 6.20 Å². The number of carbonyl (C=O) groups excluding carboxylic acids is 1. The number of hydrogen-bond donors (Lipinski definition) is 2. The van der Waals surface area contributed by atoms with Crippen LogP contribution in [-0.2, 0) is 11.3 Å². The zero-order chi connectivity index (χ0) is 14.1. The van der Waals surface area contributed by atoms with Crippen molar-refractivity contribution in [2.24, 2.45) is 5.73 Å². The zero-order valence-corrected chi connectivity index (χ0v) is 11.6. The first-order valence-corrected chi connectivity index (χ1v) is 7.23. The van der Waals surface area contributed by atoms with Crippen LogP contribution in [-0.4, -0.2) is 45.9 Å². The lowest BCUT2D eigenvalue weighted by atomic mass is 10.1. The van der Waals surface area contributed by atoms with Gasteiger partial charge < -0.3 is 11.1 Å². The maximum Gasteiger partial charge on any atom is 0.258 e. The molecule has 1 atom stereocenters. The van der Waals surface area contributed by atoms with Crippen LogP contribution in [0.5, 0.6) is 0 Å². The molecule has 106 valence electrons. The van der Waals surface area contributed by atoms with Crippen molar-refractivity contribution in [1.82, 2.24) is 19.6 Å². The van der Waals surface area contributed by atoms with Crippen LogP contribution in [0.4, 0.5) is 0 Å². The molecule has 20 heavy (non-hydrogen) atoms. The number of nitrogens with two attached hydrogens (primary N) is 1. The van der Waals surface area contributed by atoms with Crippen LogP contribution in [0, 0.1) is 0 Å². The van der Waals surface area contributed by atoms with E-state index >= 15 is 0 Å². The summed E-state index contributed by atoms with van der Waals surface area (Å²) in [6.07, 6.45) is 1.70. The molecule has 3 rings (SSSR count). The summed E-state index contributed by atoms with van der Waals surface area (Å²) >= 11 is 1.41. The number of primary amides is 1. The molecule has 1 aliphatic rings. The molecule has 3 heterocycles. The first-order valence-electron chi connectivity index (χ1n) is 6.35. The van der Waals surface area contributed by atoms with Crippen molar-refractivity contribution in [3.8, 4) is 0 Å². The maximum atomic E-state index is 11.9. The molecule has 0 bridgehead atoms. The summed E-state index contributed by atoms with van der Waals surface area (Å²) in [7, 11) is 0. The maximum absolute atomic E-state index is 11.9. The second-order valence-corrected chi connectivity index (χ2v) is 5.61. The van der Waals surface area contributed by atoms with E-state index in [1.165, 1.54) is 21.8 Å². The lowest BCUT2D eigenvalue weighted by Crippen LogP contribution is -2.56. The number of aromatic nitrogens is 2. The first-order chi connectivity index (χ1) is 9.65. The van der Waals surface area contributed by atoms with Gasteiger partial charge in [-0.05, 0) is 0 Å². The third-order valence-corrected chi connectivity index (χ3v) is 4.16. The molecule has 1 amide bonds. The topological polar surface area (TPSA) is 92.7 Å². The molecule has 0 aliphatic carbocycles. The number of amides is 1. The number of rotatable bonds is 3. The van der Waals surface area contributed by atoms with E-state index < -0.39 is 0 Å². The Hall–Kier alpha value is -1.77. The van der Waals surface area contributed by atoms with Gasteiger partial charge in [0.2, 0.25) is 5.91 Å². The Balaban J connectivity index is 1.87. The van der Waals surface area contributed by atoms with Crippen molar-refractivity contribution in [2.75, 3.05) is 19.6 Å². The molecule has 7 nitrogen and oxygen atoms in total. The lowest BCUT2D eigenvalue weighted by molar-refractivity contribution is -0.124. The van der Waals surface area contributed by atoms with Crippen LogP contribution in [0.2, 0.25) is 0 Å². The lowest BCUT2D eigenvalue weighted by Gasteiger charge is -2.33. The van der Waals surface area contributed by atoms with Crippen LogP contribution in [0.25, 0.3) is 4.96 Å². The van der Waals surface area contributed by atoms with Crippen molar-refractivity contribution < 1.29 is 4.79 Å². The van der Waals surface area contributed by atoms with Crippen molar-refractivity contribution in [1.29, 1.82) is 0 Å². The van der Waals surface area contributed by atoms with Crippen LogP contribution in [0.3, 0.4) is 0 Å². The average Bonchev–Trinajstić information content (AvgIpc) is 2.88. The number of nitrogens with zero attached hydrogens (tertiary/aromatic N) is 3. The molecule has 1 unspecified atom stereocenters. The highest BCUT2D eigenvalue weighted by Crippen LogP contribution is 2.11. The van der Waals surface area contributed by atoms with E-state index in [-0.39, 0.29) is 17.5 Å². The van der Waals surface area contributed by atoms with Gasteiger partial charge in [-0.3, -0.25) is 18.9 Å². The van der Waals surface area contributed by atoms with E-state index in [4.69, 9.17) is 5.73 Å². The monoisotopic (exact) mass is 293 g/mol. The van der Waals surface area contributed by atoms with Gasteiger partial charge >= 0.3 is 0 Å². The summed E-state index contributed by atoms with van der Waals surface area (Å²) in [5.74, 6) is -0.355. The van der Waals surface area contributed by atoms with Crippen molar-refractivity contribution in [3.63, 3.8) is 0 Å². The van der Waals surface area contributed by atoms with E-state index in [1.807, 2.05) is 10.3 Å². The molecule has 1 fully saturated rings. The highest BCUT2D eigenvalue weighted by Gasteiger charge is 2.27. The van der Waals surface area contributed by atoms with Gasteiger partial charge in [0.25, 0.3) is 5.56 Å². The third-order valence-electron chi connectivity index (χ3n) is 3.40. The summed E-state index contributed by atoms with van der Waals surface area (Å²) < 4.78 is 1.51. The molecule has 0 spiro atoms. The van der Waals surface area contributed by atoms with Crippen molar-refractivity contribution >= 4 is 22.2 Å². The fourth-order valence-electron chi connectivity index (χ4n) is 2.39. The second kappa shape index (κ2) is 5.31. The molecule has 0 aromatic carbocycles. The van der Waals surface area contributed by atoms with Crippen LogP contribution in [0.15, 0.2) is 22.4 Å². The number of piperazine rings is 1. The molecule has 8 heteroatoms. The van der Waals surface area contributed by atoms with Gasteiger partial charge in [-0.15, -0.1) is 11.3 Å². The SMILES string of the molecule is NC(=O)C1CNCCN1Cc1cc(=O)n2ccsc2n1. The van der Waals surface area contributed by atoms with Gasteiger partial charge in [0.15, 0.2) is 4.96 Å². The fraction of sp³-hybridized carbons (Fsp3) is 0.417. The molecule has 0 saturated carbocycles. The summed E-state index contributed by atoms with van der Waals surface area (Å²) in [4.78, 5) is 30.5. The molecular formula is C12H15N5O2S. The summed E-state index contributed by atoms with van der Waals surface area (Å²) in [6.45, 7) is 2.50. The third kappa shape index (κ3) is 2.45. The second-order valence-electron chi connectivity index (χ2n) is 4.73. The Labute approximate surface area is 119 Å².